The summed E-state index contributed by atoms with van der Waals surface area (Å²) in [5, 5.41) is 8.93. The molecule has 0 unspecified atom stereocenters. The third kappa shape index (κ3) is 3.23. The predicted molar refractivity (Wildman–Crippen MR) is 75.2 cm³/mol. The molecule has 20 heavy (non-hydrogen) atoms. The SMILES string of the molecule is NNc1ccc(S(=O)(=O)Nc2ccc(CO)cc2)cn1. The fourth-order valence-corrected chi connectivity index (χ4v) is 2.52. The topological polar surface area (TPSA) is 117 Å². The zero-order valence-electron chi connectivity index (χ0n) is 10.4. The third-order valence-corrected chi connectivity index (χ3v) is 3.95. The monoisotopic (exact) mass is 294 g/mol. The van der Waals surface area contributed by atoms with Crippen molar-refractivity contribution in [3.8, 4) is 0 Å². The number of anilines is 2. The van der Waals surface area contributed by atoms with Gasteiger partial charge in [0.2, 0.25) is 0 Å². The summed E-state index contributed by atoms with van der Waals surface area (Å²) in [6.45, 7) is -0.0928. The number of benzene rings is 1. The molecule has 7 nitrogen and oxygen atoms in total. The number of hydrogen-bond acceptors (Lipinski definition) is 6. The number of nitrogens with zero attached hydrogens (tertiary/aromatic N) is 1. The molecule has 0 saturated carbocycles. The highest BCUT2D eigenvalue weighted by Gasteiger charge is 2.14. The molecule has 0 bridgehead atoms. The van der Waals surface area contributed by atoms with Crippen LogP contribution in [0, 0.1) is 0 Å². The lowest BCUT2D eigenvalue weighted by molar-refractivity contribution is 0.282. The van der Waals surface area contributed by atoms with Gasteiger partial charge < -0.3 is 10.5 Å². The Hall–Kier alpha value is -2.16. The minimum atomic E-state index is -3.70. The fourth-order valence-electron chi connectivity index (χ4n) is 1.52. The number of aromatic nitrogens is 1. The molecule has 0 aliphatic heterocycles. The highest BCUT2D eigenvalue weighted by Crippen LogP contribution is 2.17. The molecule has 0 amide bonds. The van der Waals surface area contributed by atoms with Crippen LogP contribution in [0.1, 0.15) is 5.56 Å². The largest absolute Gasteiger partial charge is 0.392 e. The minimum Gasteiger partial charge on any atom is -0.392 e. The molecule has 0 saturated heterocycles. The van der Waals surface area contributed by atoms with Gasteiger partial charge in [-0.15, -0.1) is 0 Å². The lowest BCUT2D eigenvalue weighted by Gasteiger charge is -2.08. The molecule has 0 fully saturated rings. The van der Waals surface area contributed by atoms with E-state index >= 15 is 0 Å². The van der Waals surface area contributed by atoms with E-state index < -0.39 is 10.0 Å². The second-order valence-electron chi connectivity index (χ2n) is 3.98. The van der Waals surface area contributed by atoms with Crippen LogP contribution in [0.3, 0.4) is 0 Å². The van der Waals surface area contributed by atoms with E-state index in [1.54, 1.807) is 24.3 Å². The first-order valence-electron chi connectivity index (χ1n) is 5.70. The van der Waals surface area contributed by atoms with Crippen molar-refractivity contribution in [2.24, 2.45) is 5.84 Å². The van der Waals surface area contributed by atoms with E-state index in [4.69, 9.17) is 10.9 Å². The van der Waals surface area contributed by atoms with Crippen LogP contribution in [0.5, 0.6) is 0 Å². The first-order valence-corrected chi connectivity index (χ1v) is 7.19. The molecular formula is C12H14N4O3S. The number of hydrogen-bond donors (Lipinski definition) is 4. The molecule has 1 heterocycles. The maximum Gasteiger partial charge on any atom is 0.263 e. The van der Waals surface area contributed by atoms with Crippen LogP contribution < -0.4 is 16.0 Å². The molecule has 2 aromatic rings. The molecule has 1 aromatic heterocycles. The molecule has 2 rings (SSSR count). The van der Waals surface area contributed by atoms with E-state index in [0.29, 0.717) is 17.1 Å². The Balaban J connectivity index is 2.20. The number of nitrogen functional groups attached to an aromatic ring is 1. The molecule has 0 atom stereocenters. The summed E-state index contributed by atoms with van der Waals surface area (Å²) in [7, 11) is -3.70. The average molecular weight is 294 g/mol. The van der Waals surface area contributed by atoms with Crippen molar-refractivity contribution in [1.29, 1.82) is 0 Å². The van der Waals surface area contributed by atoms with Gasteiger partial charge in [0.05, 0.1) is 6.61 Å². The summed E-state index contributed by atoms with van der Waals surface area (Å²) in [6, 6.07) is 9.28. The van der Waals surface area contributed by atoms with Crippen LogP contribution in [0.2, 0.25) is 0 Å². The molecule has 0 aliphatic rings. The standard InChI is InChI=1S/C12H14N4O3S/c13-15-12-6-5-11(7-14-12)20(18,19)16-10-3-1-9(8-17)2-4-10/h1-7,16-17H,8,13H2,(H,14,15). The van der Waals surface area contributed by atoms with Gasteiger partial charge in [0.25, 0.3) is 10.0 Å². The Labute approximate surface area is 116 Å². The summed E-state index contributed by atoms with van der Waals surface area (Å²) in [5.41, 5.74) is 3.43. The van der Waals surface area contributed by atoms with Gasteiger partial charge in [0, 0.05) is 11.9 Å². The van der Waals surface area contributed by atoms with Crippen LogP contribution in [-0.4, -0.2) is 18.5 Å². The fraction of sp³-hybridized carbons (Fsp3) is 0.0833. The first-order chi connectivity index (χ1) is 9.55. The molecule has 8 heteroatoms. The number of rotatable bonds is 5. The Morgan fingerprint density at radius 2 is 1.85 bits per heavy atom. The molecular weight excluding hydrogens is 280 g/mol. The predicted octanol–water partition coefficient (Wildman–Crippen LogP) is 0.660. The van der Waals surface area contributed by atoms with Crippen LogP contribution in [-0.2, 0) is 16.6 Å². The summed E-state index contributed by atoms with van der Waals surface area (Å²) < 4.78 is 26.6. The van der Waals surface area contributed by atoms with E-state index in [9.17, 15) is 8.42 Å². The zero-order chi connectivity index (χ0) is 14.6. The summed E-state index contributed by atoms with van der Waals surface area (Å²) in [6.07, 6.45) is 1.21. The van der Waals surface area contributed by atoms with Crippen molar-refractivity contribution in [2.75, 3.05) is 10.1 Å². The number of nitrogens with one attached hydrogen (secondary N) is 2. The van der Waals surface area contributed by atoms with Crippen LogP contribution >= 0.6 is 0 Å². The smallest absolute Gasteiger partial charge is 0.263 e. The Morgan fingerprint density at radius 1 is 1.15 bits per heavy atom. The molecule has 1 aromatic carbocycles. The van der Waals surface area contributed by atoms with Gasteiger partial charge in [0.1, 0.15) is 10.7 Å². The van der Waals surface area contributed by atoms with E-state index in [1.807, 2.05) is 0 Å². The maximum atomic E-state index is 12.1. The van der Waals surface area contributed by atoms with Gasteiger partial charge in [-0.25, -0.2) is 19.2 Å². The number of aliphatic hydroxyl groups is 1. The van der Waals surface area contributed by atoms with E-state index in [-0.39, 0.29) is 11.5 Å². The second kappa shape index (κ2) is 5.87. The van der Waals surface area contributed by atoms with Crippen molar-refractivity contribution in [3.63, 3.8) is 0 Å². The summed E-state index contributed by atoms with van der Waals surface area (Å²) in [4.78, 5) is 3.87. The Morgan fingerprint density at radius 3 is 2.35 bits per heavy atom. The van der Waals surface area contributed by atoms with E-state index in [1.165, 1.54) is 18.3 Å². The van der Waals surface area contributed by atoms with E-state index in [0.717, 1.165) is 0 Å². The number of pyridine rings is 1. The highest BCUT2D eigenvalue weighted by atomic mass is 32.2. The normalized spacial score (nSPS) is 11.1. The van der Waals surface area contributed by atoms with Crippen LogP contribution in [0.15, 0.2) is 47.5 Å². The van der Waals surface area contributed by atoms with Gasteiger partial charge in [-0.3, -0.25) is 4.72 Å². The van der Waals surface area contributed by atoms with E-state index in [2.05, 4.69) is 15.1 Å². The Kier molecular flexibility index (Phi) is 4.18. The number of aliphatic hydroxyl groups excluding tert-OH is 1. The van der Waals surface area contributed by atoms with Crippen molar-refractivity contribution < 1.29 is 13.5 Å². The van der Waals surface area contributed by atoms with Gasteiger partial charge in [-0.2, -0.15) is 0 Å². The minimum absolute atomic E-state index is 0.0303. The van der Waals surface area contributed by atoms with Crippen LogP contribution in [0.4, 0.5) is 11.5 Å². The van der Waals surface area contributed by atoms with Crippen molar-refractivity contribution >= 4 is 21.5 Å². The zero-order valence-corrected chi connectivity index (χ0v) is 11.3. The number of hydrazine groups is 1. The van der Waals surface area contributed by atoms with Gasteiger partial charge in [0.15, 0.2) is 0 Å². The number of nitrogens with two attached hydrogens (primary N) is 1. The van der Waals surface area contributed by atoms with Gasteiger partial charge in [-0.05, 0) is 29.8 Å². The quantitative estimate of drug-likeness (QED) is 0.475. The number of sulfonamides is 1. The summed E-state index contributed by atoms with van der Waals surface area (Å²) in [5.74, 6) is 5.53. The maximum absolute atomic E-state index is 12.1. The Bertz CT molecular complexity index is 669. The van der Waals surface area contributed by atoms with Gasteiger partial charge >= 0.3 is 0 Å². The van der Waals surface area contributed by atoms with Gasteiger partial charge in [-0.1, -0.05) is 12.1 Å². The van der Waals surface area contributed by atoms with Crippen molar-refractivity contribution in [2.45, 2.75) is 11.5 Å². The molecule has 0 radical (unpaired) electrons. The highest BCUT2D eigenvalue weighted by molar-refractivity contribution is 7.92. The van der Waals surface area contributed by atoms with Crippen molar-refractivity contribution in [3.05, 3.63) is 48.2 Å². The molecule has 106 valence electrons. The average Bonchev–Trinajstić information content (AvgIpc) is 2.48. The third-order valence-electron chi connectivity index (χ3n) is 2.58. The first kappa shape index (κ1) is 14.3. The molecule has 5 N–H and O–H groups in total. The lowest BCUT2D eigenvalue weighted by Crippen LogP contribution is -2.14. The summed E-state index contributed by atoms with van der Waals surface area (Å²) >= 11 is 0. The van der Waals surface area contributed by atoms with Crippen LogP contribution in [0.25, 0.3) is 0 Å². The lowest BCUT2D eigenvalue weighted by atomic mass is 10.2. The molecule has 0 spiro atoms. The second-order valence-corrected chi connectivity index (χ2v) is 5.67. The molecule has 0 aliphatic carbocycles. The van der Waals surface area contributed by atoms with Crippen molar-refractivity contribution in [1.82, 2.24) is 4.98 Å².